The molecule has 0 aliphatic carbocycles. The van der Waals surface area contributed by atoms with Gasteiger partial charge in [-0.3, -0.25) is 4.79 Å². The zero-order valence-corrected chi connectivity index (χ0v) is 11.1. The minimum atomic E-state index is -1.48. The molecule has 0 aromatic rings. The maximum Gasteiger partial charge on any atom is 0.332 e. The maximum atomic E-state index is 11.5. The molecule has 1 atom stereocenters. The van der Waals surface area contributed by atoms with Gasteiger partial charge in [-0.2, -0.15) is 0 Å². The van der Waals surface area contributed by atoms with Gasteiger partial charge in [0.25, 0.3) is 0 Å². The van der Waals surface area contributed by atoms with Crippen molar-refractivity contribution in [3.05, 3.63) is 0 Å². The van der Waals surface area contributed by atoms with E-state index < -0.39 is 12.1 Å². The predicted molar refractivity (Wildman–Crippen MR) is 65.5 cm³/mol. The van der Waals surface area contributed by atoms with Crippen molar-refractivity contribution in [2.45, 2.75) is 25.4 Å². The number of aliphatic hydroxyl groups excluding tert-OH is 1. The van der Waals surface area contributed by atoms with Crippen LogP contribution in [0.2, 0.25) is 0 Å². The maximum absolute atomic E-state index is 11.5. The van der Waals surface area contributed by atoms with Crippen LogP contribution >= 0.6 is 0 Å². The van der Waals surface area contributed by atoms with Crippen molar-refractivity contribution in [3.8, 4) is 0 Å². The topological polar surface area (TPSA) is 116 Å². The molecule has 0 rings (SSSR count). The van der Waals surface area contributed by atoms with Gasteiger partial charge in [-0.25, -0.2) is 9.59 Å². The molecule has 0 bridgehead atoms. The molecule has 19 heavy (non-hydrogen) atoms. The van der Waals surface area contributed by atoms with E-state index in [1.54, 1.807) is 7.05 Å². The predicted octanol–water partition coefficient (Wildman–Crippen LogP) is -0.583. The summed E-state index contributed by atoms with van der Waals surface area (Å²) in [5, 5.41) is 19.9. The molecular formula is C11H20N2O6. The van der Waals surface area contributed by atoms with Gasteiger partial charge in [0.15, 0.2) is 6.10 Å². The van der Waals surface area contributed by atoms with E-state index in [4.69, 9.17) is 10.2 Å². The number of amides is 2. The van der Waals surface area contributed by atoms with Crippen LogP contribution in [0.4, 0.5) is 4.79 Å². The summed E-state index contributed by atoms with van der Waals surface area (Å²) in [5.41, 5.74) is 0. The molecule has 0 fully saturated rings. The van der Waals surface area contributed by atoms with Gasteiger partial charge in [-0.05, 0) is 6.42 Å². The summed E-state index contributed by atoms with van der Waals surface area (Å²) in [6, 6.07) is -0.387. The van der Waals surface area contributed by atoms with E-state index in [0.717, 1.165) is 0 Å². The van der Waals surface area contributed by atoms with E-state index in [1.165, 1.54) is 12.0 Å². The largest absolute Gasteiger partial charge is 0.479 e. The van der Waals surface area contributed by atoms with Gasteiger partial charge in [0, 0.05) is 33.0 Å². The molecule has 0 spiro atoms. The molecule has 0 aliphatic rings. The van der Waals surface area contributed by atoms with E-state index >= 15 is 0 Å². The van der Waals surface area contributed by atoms with Crippen molar-refractivity contribution >= 4 is 18.0 Å². The Bertz CT molecular complexity index is 320. The summed E-state index contributed by atoms with van der Waals surface area (Å²) in [4.78, 5) is 34.1. The van der Waals surface area contributed by atoms with E-state index in [0.29, 0.717) is 13.0 Å². The molecule has 2 amide bonds. The third kappa shape index (κ3) is 7.98. The van der Waals surface area contributed by atoms with Gasteiger partial charge in [0.05, 0.1) is 7.11 Å². The second kappa shape index (κ2) is 9.15. The highest BCUT2D eigenvalue weighted by atomic mass is 16.5. The lowest BCUT2D eigenvalue weighted by Crippen LogP contribution is -2.39. The third-order valence-electron chi connectivity index (χ3n) is 2.43. The number of urea groups is 1. The van der Waals surface area contributed by atoms with Gasteiger partial charge in [0.1, 0.15) is 0 Å². The Morgan fingerprint density at radius 3 is 2.53 bits per heavy atom. The Hall–Kier alpha value is -1.83. The van der Waals surface area contributed by atoms with E-state index in [2.05, 4.69) is 10.1 Å². The fourth-order valence-electron chi connectivity index (χ4n) is 1.24. The number of esters is 1. The number of carbonyl (C=O) groups is 3. The lowest BCUT2D eigenvalue weighted by Gasteiger charge is -2.17. The summed E-state index contributed by atoms with van der Waals surface area (Å²) in [6.07, 6.45) is -0.831. The highest BCUT2D eigenvalue weighted by molar-refractivity contribution is 5.74. The Labute approximate surface area is 111 Å². The van der Waals surface area contributed by atoms with E-state index in [9.17, 15) is 14.4 Å². The molecule has 0 aromatic heterocycles. The summed E-state index contributed by atoms with van der Waals surface area (Å²) in [5.74, 6) is -1.65. The molecule has 1 unspecified atom stereocenters. The molecular weight excluding hydrogens is 256 g/mol. The van der Waals surface area contributed by atoms with Crippen LogP contribution in [0.15, 0.2) is 0 Å². The number of nitrogens with one attached hydrogen (secondary N) is 1. The first-order chi connectivity index (χ1) is 8.88. The summed E-state index contributed by atoms with van der Waals surface area (Å²) < 4.78 is 4.46. The third-order valence-corrected chi connectivity index (χ3v) is 2.43. The molecule has 110 valence electrons. The van der Waals surface area contributed by atoms with Crippen LogP contribution in [-0.4, -0.2) is 66.4 Å². The molecule has 8 nitrogen and oxygen atoms in total. The fraction of sp³-hybridized carbons (Fsp3) is 0.727. The highest BCUT2D eigenvalue weighted by Crippen LogP contribution is 1.96. The van der Waals surface area contributed by atoms with E-state index in [-0.39, 0.29) is 31.4 Å². The number of rotatable bonds is 8. The first kappa shape index (κ1) is 17.2. The zero-order chi connectivity index (χ0) is 14.8. The van der Waals surface area contributed by atoms with Gasteiger partial charge >= 0.3 is 18.0 Å². The smallest absolute Gasteiger partial charge is 0.332 e. The Balaban J connectivity index is 3.76. The number of aliphatic carboxylic acids is 1. The Morgan fingerprint density at radius 2 is 2.00 bits per heavy atom. The van der Waals surface area contributed by atoms with Gasteiger partial charge in [0.2, 0.25) is 0 Å². The van der Waals surface area contributed by atoms with Crippen LogP contribution in [0.3, 0.4) is 0 Å². The lowest BCUT2D eigenvalue weighted by atomic mass is 10.2. The fourth-order valence-corrected chi connectivity index (χ4v) is 1.24. The van der Waals surface area contributed by atoms with Gasteiger partial charge < -0.3 is 25.2 Å². The molecule has 0 aliphatic heterocycles. The van der Waals surface area contributed by atoms with Gasteiger partial charge in [-0.15, -0.1) is 0 Å². The van der Waals surface area contributed by atoms with Crippen LogP contribution in [-0.2, 0) is 14.3 Å². The quantitative estimate of drug-likeness (QED) is 0.511. The molecule has 8 heteroatoms. The number of nitrogens with zero attached hydrogens (tertiary/aromatic N) is 1. The SMILES string of the molecule is COC(=O)CCCN(C)C(=O)NCCC(O)C(=O)O. The molecule has 0 saturated carbocycles. The molecule has 0 radical (unpaired) electrons. The number of aliphatic hydroxyl groups is 1. The highest BCUT2D eigenvalue weighted by Gasteiger charge is 2.14. The zero-order valence-electron chi connectivity index (χ0n) is 11.1. The van der Waals surface area contributed by atoms with Crippen molar-refractivity contribution in [1.29, 1.82) is 0 Å². The first-order valence-corrected chi connectivity index (χ1v) is 5.85. The van der Waals surface area contributed by atoms with Crippen molar-refractivity contribution < 1.29 is 29.3 Å². The Kier molecular flexibility index (Phi) is 8.27. The number of hydrogen-bond acceptors (Lipinski definition) is 5. The lowest BCUT2D eigenvalue weighted by molar-refractivity contribution is -0.146. The van der Waals surface area contributed by atoms with Crippen molar-refractivity contribution in [3.63, 3.8) is 0 Å². The minimum absolute atomic E-state index is 0.0585. The average Bonchev–Trinajstić information content (AvgIpc) is 2.37. The second-order valence-corrected chi connectivity index (χ2v) is 3.98. The van der Waals surface area contributed by atoms with Crippen molar-refractivity contribution in [2.75, 3.05) is 27.2 Å². The standard InChI is InChI=1S/C11H20N2O6/c1-13(7-3-4-9(15)19-2)11(18)12-6-5-8(14)10(16)17/h8,14H,3-7H2,1-2H3,(H,12,18)(H,16,17). The summed E-state index contributed by atoms with van der Waals surface area (Å²) in [7, 11) is 2.85. The van der Waals surface area contributed by atoms with Crippen LogP contribution in [0.5, 0.6) is 0 Å². The first-order valence-electron chi connectivity index (χ1n) is 5.85. The minimum Gasteiger partial charge on any atom is -0.479 e. The van der Waals surface area contributed by atoms with Crippen LogP contribution in [0.25, 0.3) is 0 Å². The van der Waals surface area contributed by atoms with Gasteiger partial charge in [-0.1, -0.05) is 0 Å². The van der Waals surface area contributed by atoms with Crippen LogP contribution in [0.1, 0.15) is 19.3 Å². The van der Waals surface area contributed by atoms with Crippen LogP contribution in [0, 0.1) is 0 Å². The molecule has 0 saturated heterocycles. The number of carbonyl (C=O) groups excluding carboxylic acids is 2. The van der Waals surface area contributed by atoms with Crippen molar-refractivity contribution in [1.82, 2.24) is 10.2 Å². The average molecular weight is 276 g/mol. The summed E-state index contributed by atoms with van der Waals surface area (Å²) >= 11 is 0. The molecule has 3 N–H and O–H groups in total. The monoisotopic (exact) mass is 276 g/mol. The number of methoxy groups -OCH3 is 1. The summed E-state index contributed by atoms with van der Waals surface area (Å²) in [6.45, 7) is 0.441. The van der Waals surface area contributed by atoms with Crippen LogP contribution < -0.4 is 5.32 Å². The molecule has 0 heterocycles. The van der Waals surface area contributed by atoms with E-state index in [1.807, 2.05) is 0 Å². The number of carboxylic acid groups (broad SMARTS) is 1. The number of ether oxygens (including phenoxy) is 1. The molecule has 0 aromatic carbocycles. The van der Waals surface area contributed by atoms with Crippen molar-refractivity contribution in [2.24, 2.45) is 0 Å². The number of carboxylic acids is 1. The number of hydrogen-bond donors (Lipinski definition) is 3. The Morgan fingerprint density at radius 1 is 1.37 bits per heavy atom. The second-order valence-electron chi connectivity index (χ2n) is 3.98. The normalized spacial score (nSPS) is 11.5.